The van der Waals surface area contributed by atoms with Gasteiger partial charge in [-0.2, -0.15) is 0 Å². The zero-order chi connectivity index (χ0) is 22.3. The van der Waals surface area contributed by atoms with E-state index in [2.05, 4.69) is 5.32 Å². The second-order valence-corrected chi connectivity index (χ2v) is 7.17. The number of aliphatic hydroxyl groups excluding tert-OH is 2. The number of aryl methyl sites for hydroxylation is 1. The summed E-state index contributed by atoms with van der Waals surface area (Å²) in [6, 6.07) is 14.3. The van der Waals surface area contributed by atoms with Gasteiger partial charge in [-0.05, 0) is 49.6 Å². The minimum absolute atomic E-state index is 0.287. The van der Waals surface area contributed by atoms with Crippen molar-refractivity contribution in [2.24, 2.45) is 0 Å². The van der Waals surface area contributed by atoms with Gasteiger partial charge in [-0.3, -0.25) is 9.59 Å². The second-order valence-electron chi connectivity index (χ2n) is 7.17. The molecule has 0 aliphatic heterocycles. The lowest BCUT2D eigenvalue weighted by Crippen LogP contribution is -2.50. The van der Waals surface area contributed by atoms with E-state index in [-0.39, 0.29) is 6.54 Å². The Morgan fingerprint density at radius 1 is 1.07 bits per heavy atom. The molecule has 0 fully saturated rings. The highest BCUT2D eigenvalue weighted by Crippen LogP contribution is 2.18. The average Bonchev–Trinajstić information content (AvgIpc) is 2.77. The summed E-state index contributed by atoms with van der Waals surface area (Å²) < 4.78 is 5.11. The fraction of sp³-hybridized carbons (Fsp3) is 0.391. The van der Waals surface area contributed by atoms with Crippen LogP contribution in [-0.4, -0.2) is 52.8 Å². The highest BCUT2D eigenvalue weighted by atomic mass is 16.5. The number of likely N-dealkylation sites (N-methyl/N-ethyl adjacent to an activating group) is 1. The summed E-state index contributed by atoms with van der Waals surface area (Å²) in [5.41, 5.74) is 2.75. The van der Waals surface area contributed by atoms with Crippen molar-refractivity contribution in [3.63, 3.8) is 0 Å². The maximum Gasteiger partial charge on any atom is 0.254 e. The SMILES string of the molecule is CCN(Cc1ccccc1C)C(=O)C(O)C(O)C(=O)NC(C)c1ccc(OC)cc1. The third-order valence-electron chi connectivity index (χ3n) is 5.11. The molecule has 3 atom stereocenters. The van der Waals surface area contributed by atoms with E-state index in [0.717, 1.165) is 16.7 Å². The van der Waals surface area contributed by atoms with Crippen LogP contribution in [0.3, 0.4) is 0 Å². The molecule has 2 rings (SSSR count). The molecule has 30 heavy (non-hydrogen) atoms. The van der Waals surface area contributed by atoms with Crippen molar-refractivity contribution in [1.82, 2.24) is 10.2 Å². The molecule has 0 spiro atoms. The third-order valence-corrected chi connectivity index (χ3v) is 5.11. The molecule has 0 saturated carbocycles. The van der Waals surface area contributed by atoms with Crippen molar-refractivity contribution in [2.75, 3.05) is 13.7 Å². The third kappa shape index (κ3) is 5.81. The zero-order valence-corrected chi connectivity index (χ0v) is 17.8. The van der Waals surface area contributed by atoms with Crippen LogP contribution in [0.5, 0.6) is 5.75 Å². The number of nitrogens with zero attached hydrogens (tertiary/aromatic N) is 1. The zero-order valence-electron chi connectivity index (χ0n) is 17.8. The van der Waals surface area contributed by atoms with Gasteiger partial charge in [-0.25, -0.2) is 0 Å². The van der Waals surface area contributed by atoms with Crippen LogP contribution in [0, 0.1) is 6.92 Å². The predicted octanol–water partition coefficient (Wildman–Crippen LogP) is 1.95. The molecular weight excluding hydrogens is 384 g/mol. The van der Waals surface area contributed by atoms with Crippen molar-refractivity contribution in [3.05, 3.63) is 65.2 Å². The van der Waals surface area contributed by atoms with Crippen molar-refractivity contribution < 1.29 is 24.5 Å². The van der Waals surface area contributed by atoms with E-state index in [4.69, 9.17) is 4.74 Å². The number of hydrogen-bond acceptors (Lipinski definition) is 5. The lowest BCUT2D eigenvalue weighted by Gasteiger charge is -2.27. The van der Waals surface area contributed by atoms with Gasteiger partial charge in [-0.1, -0.05) is 36.4 Å². The molecule has 2 amide bonds. The Morgan fingerprint density at radius 3 is 2.27 bits per heavy atom. The maximum atomic E-state index is 12.7. The molecule has 0 aliphatic carbocycles. The average molecular weight is 415 g/mol. The summed E-state index contributed by atoms with van der Waals surface area (Å²) in [7, 11) is 1.56. The molecule has 2 aromatic rings. The van der Waals surface area contributed by atoms with Crippen LogP contribution in [0.25, 0.3) is 0 Å². The smallest absolute Gasteiger partial charge is 0.254 e. The quantitative estimate of drug-likeness (QED) is 0.583. The lowest BCUT2D eigenvalue weighted by molar-refractivity contribution is -0.153. The van der Waals surface area contributed by atoms with Crippen LogP contribution >= 0.6 is 0 Å². The number of hydrogen-bond donors (Lipinski definition) is 3. The summed E-state index contributed by atoms with van der Waals surface area (Å²) in [5, 5.41) is 23.2. The van der Waals surface area contributed by atoms with Crippen LogP contribution in [0.4, 0.5) is 0 Å². The first kappa shape index (κ1) is 23.4. The second kappa shape index (κ2) is 10.8. The van der Waals surface area contributed by atoms with E-state index in [9.17, 15) is 19.8 Å². The summed E-state index contributed by atoms with van der Waals surface area (Å²) in [5.74, 6) is -0.821. The van der Waals surface area contributed by atoms with E-state index < -0.39 is 30.1 Å². The van der Waals surface area contributed by atoms with E-state index >= 15 is 0 Å². The van der Waals surface area contributed by atoms with Gasteiger partial charge in [0, 0.05) is 13.1 Å². The highest BCUT2D eigenvalue weighted by molar-refractivity contribution is 5.90. The molecule has 7 nitrogen and oxygen atoms in total. The molecule has 0 heterocycles. The van der Waals surface area contributed by atoms with Gasteiger partial charge in [-0.15, -0.1) is 0 Å². The molecule has 0 saturated heterocycles. The van der Waals surface area contributed by atoms with Crippen molar-refractivity contribution in [3.8, 4) is 5.75 Å². The van der Waals surface area contributed by atoms with Gasteiger partial charge in [0.25, 0.3) is 11.8 Å². The van der Waals surface area contributed by atoms with Crippen molar-refractivity contribution in [1.29, 1.82) is 0 Å². The van der Waals surface area contributed by atoms with Crippen LogP contribution in [-0.2, 0) is 16.1 Å². The Labute approximate surface area is 177 Å². The number of methoxy groups -OCH3 is 1. The van der Waals surface area contributed by atoms with Crippen LogP contribution in [0.15, 0.2) is 48.5 Å². The molecule has 162 valence electrons. The normalized spacial score (nSPS) is 13.8. The molecule has 3 N–H and O–H groups in total. The molecule has 0 aliphatic rings. The van der Waals surface area contributed by atoms with Crippen molar-refractivity contribution >= 4 is 11.8 Å². The van der Waals surface area contributed by atoms with Gasteiger partial charge in [0.2, 0.25) is 0 Å². The number of benzene rings is 2. The molecular formula is C23H30N2O5. The molecule has 0 aromatic heterocycles. The molecule has 2 aromatic carbocycles. The Bertz CT molecular complexity index is 853. The van der Waals surface area contributed by atoms with Gasteiger partial charge >= 0.3 is 0 Å². The number of nitrogens with one attached hydrogen (secondary N) is 1. The predicted molar refractivity (Wildman–Crippen MR) is 114 cm³/mol. The Kier molecular flexibility index (Phi) is 8.38. The highest BCUT2D eigenvalue weighted by Gasteiger charge is 2.33. The monoisotopic (exact) mass is 414 g/mol. The van der Waals surface area contributed by atoms with Crippen LogP contribution in [0.1, 0.15) is 36.6 Å². The molecule has 7 heteroatoms. The first-order chi connectivity index (χ1) is 14.3. The lowest BCUT2D eigenvalue weighted by atomic mass is 10.1. The van der Waals surface area contributed by atoms with Gasteiger partial charge in [0.1, 0.15) is 5.75 Å². The van der Waals surface area contributed by atoms with Gasteiger partial charge < -0.3 is 25.2 Å². The number of amides is 2. The summed E-state index contributed by atoms with van der Waals surface area (Å²) >= 11 is 0. The number of carbonyl (C=O) groups is 2. The van der Waals surface area contributed by atoms with Gasteiger partial charge in [0.15, 0.2) is 12.2 Å². The summed E-state index contributed by atoms with van der Waals surface area (Å²) in [6.07, 6.45) is -3.72. The number of aliphatic hydroxyl groups is 2. The first-order valence-electron chi connectivity index (χ1n) is 9.92. The van der Waals surface area contributed by atoms with Crippen LogP contribution < -0.4 is 10.1 Å². The van der Waals surface area contributed by atoms with Gasteiger partial charge in [0.05, 0.1) is 13.2 Å². The van der Waals surface area contributed by atoms with E-state index in [1.807, 2.05) is 31.2 Å². The molecule has 0 radical (unpaired) electrons. The van der Waals surface area contributed by atoms with E-state index in [1.54, 1.807) is 45.2 Å². The number of carbonyl (C=O) groups excluding carboxylic acids is 2. The number of rotatable bonds is 9. The Hall–Kier alpha value is -2.90. The van der Waals surface area contributed by atoms with E-state index in [1.165, 1.54) is 4.90 Å². The Balaban J connectivity index is 2.00. The minimum atomic E-state index is -1.87. The topological polar surface area (TPSA) is 99.1 Å². The largest absolute Gasteiger partial charge is 0.497 e. The Morgan fingerprint density at radius 2 is 1.70 bits per heavy atom. The maximum absolute atomic E-state index is 12.7. The number of ether oxygens (including phenoxy) is 1. The minimum Gasteiger partial charge on any atom is -0.497 e. The van der Waals surface area contributed by atoms with E-state index in [0.29, 0.717) is 12.3 Å². The summed E-state index contributed by atoms with van der Waals surface area (Å²) in [6.45, 7) is 6.08. The van der Waals surface area contributed by atoms with Crippen molar-refractivity contribution in [2.45, 2.75) is 45.6 Å². The fourth-order valence-electron chi connectivity index (χ4n) is 3.08. The molecule has 0 bridgehead atoms. The standard InChI is InChI=1S/C23H30N2O5/c1-5-25(14-18-9-7-6-8-15(18)2)23(29)21(27)20(26)22(28)24-16(3)17-10-12-19(30-4)13-11-17/h6-13,16,20-21,26-27H,5,14H2,1-4H3,(H,24,28). The van der Waals surface area contributed by atoms with Crippen LogP contribution in [0.2, 0.25) is 0 Å². The fourth-order valence-corrected chi connectivity index (χ4v) is 3.08. The first-order valence-corrected chi connectivity index (χ1v) is 9.92. The summed E-state index contributed by atoms with van der Waals surface area (Å²) in [4.78, 5) is 26.5. The molecule has 3 unspecified atom stereocenters.